The molecule has 2 fully saturated rings. The average molecular weight is 242 g/mol. The van der Waals surface area contributed by atoms with E-state index in [1.807, 2.05) is 0 Å². The molecule has 0 aromatic heterocycles. The Morgan fingerprint density at radius 3 is 2.94 bits per heavy atom. The number of nitrogens with two attached hydrogens (primary N) is 1. The first-order chi connectivity index (χ1) is 8.17. The van der Waals surface area contributed by atoms with Crippen LogP contribution in [-0.4, -0.2) is 55.5 Å². The summed E-state index contributed by atoms with van der Waals surface area (Å²) in [4.78, 5) is 2.55. The average Bonchev–Trinajstić information content (AvgIpc) is 2.39. The highest BCUT2D eigenvalue weighted by Crippen LogP contribution is 2.31. The van der Waals surface area contributed by atoms with Gasteiger partial charge in [0.15, 0.2) is 0 Å². The first-order valence-corrected chi connectivity index (χ1v) is 6.86. The molecular formula is C13H26N2O2. The van der Waals surface area contributed by atoms with Gasteiger partial charge in [-0.2, -0.15) is 0 Å². The van der Waals surface area contributed by atoms with E-state index >= 15 is 0 Å². The Kier molecular flexibility index (Phi) is 4.42. The molecule has 0 amide bonds. The highest BCUT2D eigenvalue weighted by atomic mass is 16.5. The lowest BCUT2D eigenvalue weighted by molar-refractivity contribution is -0.116. The highest BCUT2D eigenvalue weighted by molar-refractivity contribution is 4.89. The summed E-state index contributed by atoms with van der Waals surface area (Å²) in [5.41, 5.74) is 5.77. The zero-order valence-electron chi connectivity index (χ0n) is 11.2. The van der Waals surface area contributed by atoms with Crippen LogP contribution in [0.2, 0.25) is 0 Å². The molecule has 0 bridgehead atoms. The van der Waals surface area contributed by atoms with Crippen LogP contribution in [0.4, 0.5) is 0 Å². The summed E-state index contributed by atoms with van der Waals surface area (Å²) in [5, 5.41) is 0. The summed E-state index contributed by atoms with van der Waals surface area (Å²) in [6, 6.07) is 0.645. The number of rotatable bonds is 3. The van der Waals surface area contributed by atoms with E-state index in [-0.39, 0.29) is 11.7 Å². The summed E-state index contributed by atoms with van der Waals surface area (Å²) < 4.78 is 11.5. The van der Waals surface area contributed by atoms with Gasteiger partial charge in [0.2, 0.25) is 0 Å². The van der Waals surface area contributed by atoms with Crippen molar-refractivity contribution in [3.8, 4) is 0 Å². The van der Waals surface area contributed by atoms with E-state index in [0.717, 1.165) is 45.6 Å². The van der Waals surface area contributed by atoms with Crippen LogP contribution >= 0.6 is 0 Å². The van der Waals surface area contributed by atoms with Gasteiger partial charge in [-0.25, -0.2) is 0 Å². The van der Waals surface area contributed by atoms with Crippen LogP contribution in [0.3, 0.4) is 0 Å². The molecule has 2 aliphatic rings. The lowest BCUT2D eigenvalue weighted by Crippen LogP contribution is -2.54. The van der Waals surface area contributed by atoms with E-state index in [9.17, 15) is 0 Å². The minimum absolute atomic E-state index is 0.0689. The molecule has 2 N–H and O–H groups in total. The van der Waals surface area contributed by atoms with Crippen LogP contribution in [0.1, 0.15) is 33.1 Å². The maximum atomic E-state index is 5.91. The lowest BCUT2D eigenvalue weighted by atomic mass is 9.88. The first-order valence-electron chi connectivity index (χ1n) is 6.86. The third kappa shape index (κ3) is 3.19. The monoisotopic (exact) mass is 242 g/mol. The van der Waals surface area contributed by atoms with Gasteiger partial charge < -0.3 is 15.2 Å². The van der Waals surface area contributed by atoms with Crippen molar-refractivity contribution in [3.05, 3.63) is 0 Å². The molecule has 3 atom stereocenters. The van der Waals surface area contributed by atoms with Gasteiger partial charge in [0.25, 0.3) is 0 Å². The van der Waals surface area contributed by atoms with Crippen LogP contribution in [0.15, 0.2) is 0 Å². The molecule has 2 heterocycles. The van der Waals surface area contributed by atoms with E-state index in [4.69, 9.17) is 15.2 Å². The zero-order valence-corrected chi connectivity index (χ0v) is 11.2. The number of hydrogen-bond acceptors (Lipinski definition) is 4. The quantitative estimate of drug-likeness (QED) is 0.802. The minimum atomic E-state index is 0.0689. The third-order valence-electron chi connectivity index (χ3n) is 4.27. The third-order valence-corrected chi connectivity index (χ3v) is 4.27. The summed E-state index contributed by atoms with van der Waals surface area (Å²) in [5.74, 6) is 0. The van der Waals surface area contributed by atoms with Crippen molar-refractivity contribution in [2.24, 2.45) is 5.73 Å². The topological polar surface area (TPSA) is 47.7 Å². The van der Waals surface area contributed by atoms with Crippen molar-refractivity contribution in [2.45, 2.75) is 50.9 Å². The summed E-state index contributed by atoms with van der Waals surface area (Å²) in [6.07, 6.45) is 3.60. The van der Waals surface area contributed by atoms with Crippen LogP contribution < -0.4 is 5.73 Å². The molecule has 2 saturated heterocycles. The fraction of sp³-hybridized carbons (Fsp3) is 1.00. The van der Waals surface area contributed by atoms with Crippen molar-refractivity contribution >= 4 is 0 Å². The molecule has 100 valence electrons. The van der Waals surface area contributed by atoms with Crippen molar-refractivity contribution in [3.63, 3.8) is 0 Å². The van der Waals surface area contributed by atoms with Crippen LogP contribution in [0, 0.1) is 0 Å². The predicted octanol–water partition coefficient (Wildman–Crippen LogP) is 0.994. The molecule has 0 spiro atoms. The van der Waals surface area contributed by atoms with Crippen molar-refractivity contribution in [1.82, 2.24) is 4.90 Å². The Labute approximate surface area is 104 Å². The van der Waals surface area contributed by atoms with Crippen molar-refractivity contribution in [2.75, 3.05) is 32.8 Å². The van der Waals surface area contributed by atoms with Gasteiger partial charge in [-0.05, 0) is 26.2 Å². The Morgan fingerprint density at radius 1 is 1.41 bits per heavy atom. The zero-order chi connectivity index (χ0) is 12.3. The molecule has 4 heteroatoms. The van der Waals surface area contributed by atoms with E-state index in [0.29, 0.717) is 12.6 Å². The second-order valence-electron chi connectivity index (χ2n) is 5.52. The summed E-state index contributed by atoms with van der Waals surface area (Å²) >= 11 is 0. The summed E-state index contributed by atoms with van der Waals surface area (Å²) in [7, 11) is 0. The Hall–Kier alpha value is -0.160. The number of hydrogen-bond donors (Lipinski definition) is 1. The molecule has 2 rings (SSSR count). The normalized spacial score (nSPS) is 40.4. The maximum absolute atomic E-state index is 5.91. The smallest absolute Gasteiger partial charge is 0.0824 e. The molecule has 2 aliphatic heterocycles. The maximum Gasteiger partial charge on any atom is 0.0824 e. The first kappa shape index (κ1) is 13.3. The number of morpholine rings is 1. The standard InChI is InChI=1S/C13H26N2O2/c1-3-13(2)8-11(4-6-17-13)15-5-7-16-12(9-14)10-15/h11-12H,3-10,14H2,1-2H3. The molecule has 0 aliphatic carbocycles. The van der Waals surface area contributed by atoms with Gasteiger partial charge >= 0.3 is 0 Å². The molecule has 17 heavy (non-hydrogen) atoms. The second-order valence-corrected chi connectivity index (χ2v) is 5.52. The fourth-order valence-electron chi connectivity index (χ4n) is 2.88. The molecule has 0 saturated carbocycles. The molecule has 0 radical (unpaired) electrons. The lowest BCUT2D eigenvalue weighted by Gasteiger charge is -2.45. The molecule has 3 unspecified atom stereocenters. The van der Waals surface area contributed by atoms with Crippen LogP contribution in [0.5, 0.6) is 0 Å². The van der Waals surface area contributed by atoms with E-state index < -0.39 is 0 Å². The minimum Gasteiger partial charge on any atom is -0.375 e. The van der Waals surface area contributed by atoms with Crippen LogP contribution in [-0.2, 0) is 9.47 Å². The second kappa shape index (κ2) is 5.65. The van der Waals surface area contributed by atoms with Gasteiger partial charge in [-0.3, -0.25) is 4.90 Å². The van der Waals surface area contributed by atoms with Gasteiger partial charge in [0.05, 0.1) is 18.3 Å². The molecular weight excluding hydrogens is 216 g/mol. The Morgan fingerprint density at radius 2 is 2.24 bits per heavy atom. The van der Waals surface area contributed by atoms with Gasteiger partial charge in [0, 0.05) is 32.3 Å². The van der Waals surface area contributed by atoms with E-state index in [1.165, 1.54) is 0 Å². The Balaban J connectivity index is 1.92. The van der Waals surface area contributed by atoms with Crippen molar-refractivity contribution in [1.29, 1.82) is 0 Å². The summed E-state index contributed by atoms with van der Waals surface area (Å²) in [6.45, 7) is 8.82. The van der Waals surface area contributed by atoms with Gasteiger partial charge in [0.1, 0.15) is 0 Å². The SMILES string of the molecule is CCC1(C)CC(N2CCOC(CN)C2)CCO1. The van der Waals surface area contributed by atoms with Gasteiger partial charge in [-0.1, -0.05) is 6.92 Å². The predicted molar refractivity (Wildman–Crippen MR) is 68.0 cm³/mol. The molecule has 0 aromatic rings. The molecule has 4 nitrogen and oxygen atoms in total. The highest BCUT2D eigenvalue weighted by Gasteiger charge is 2.36. The largest absolute Gasteiger partial charge is 0.375 e. The van der Waals surface area contributed by atoms with Crippen molar-refractivity contribution < 1.29 is 9.47 Å². The fourth-order valence-corrected chi connectivity index (χ4v) is 2.88. The van der Waals surface area contributed by atoms with Crippen LogP contribution in [0.25, 0.3) is 0 Å². The van der Waals surface area contributed by atoms with E-state index in [2.05, 4.69) is 18.7 Å². The Bertz CT molecular complexity index is 250. The number of nitrogens with zero attached hydrogens (tertiary/aromatic N) is 1. The molecule has 0 aromatic carbocycles. The van der Waals surface area contributed by atoms with Gasteiger partial charge in [-0.15, -0.1) is 0 Å². The number of ether oxygens (including phenoxy) is 2. The van der Waals surface area contributed by atoms with E-state index in [1.54, 1.807) is 0 Å².